The van der Waals surface area contributed by atoms with Crippen LogP contribution in [0.1, 0.15) is 69.4 Å². The van der Waals surface area contributed by atoms with Gasteiger partial charge >= 0.3 is 35.9 Å². The zero-order valence-corrected chi connectivity index (χ0v) is 31.3. The molecule has 0 saturated carbocycles. The standard InChI is InChI=1S/C34H48N6O15S/c1-18(17-56)37-30(49)24(15-29(47)48)40-31(50)23(14-28(45)46)39-25(41)12-19-5-7-20(8-6-19)16-36-34(55)35-11-3-2-4-22(33(53)54)38-26(42)13-21(32(51)52)9-10-27(43)44/h5-8,18,21-24,56H,2-4,9-17H2,1H3,(H,37,49)(H,38,42)(H,39,41)(H,40,50)(H,43,44)(H,45,46)(H,47,48)(H,51,52)(H,53,54)(H2,35,36,55)/t18-,21-,22+,23+,24+/m1/s1. The molecule has 56 heavy (non-hydrogen) atoms. The average molecular weight is 813 g/mol. The molecule has 11 N–H and O–H groups in total. The number of carboxylic acid groups (broad SMARTS) is 5. The van der Waals surface area contributed by atoms with E-state index in [4.69, 9.17) is 5.11 Å². The largest absolute Gasteiger partial charge is 0.481 e. The molecule has 0 radical (unpaired) electrons. The lowest BCUT2D eigenvalue weighted by Crippen LogP contribution is -2.56. The van der Waals surface area contributed by atoms with Gasteiger partial charge in [0.2, 0.25) is 23.6 Å². The second-order valence-corrected chi connectivity index (χ2v) is 13.1. The summed E-state index contributed by atoms with van der Waals surface area (Å²) < 4.78 is 0. The first-order valence-corrected chi connectivity index (χ1v) is 17.9. The van der Waals surface area contributed by atoms with Crippen molar-refractivity contribution in [3.05, 3.63) is 35.4 Å². The summed E-state index contributed by atoms with van der Waals surface area (Å²) in [5, 5.41) is 60.3. The van der Waals surface area contributed by atoms with E-state index in [0.717, 1.165) is 0 Å². The molecule has 0 aliphatic rings. The second kappa shape index (κ2) is 25.2. The molecule has 1 aromatic rings. The lowest BCUT2D eigenvalue weighted by atomic mass is 9.98. The van der Waals surface area contributed by atoms with E-state index >= 15 is 0 Å². The third-order valence-corrected chi connectivity index (χ3v) is 8.42. The van der Waals surface area contributed by atoms with E-state index in [1.807, 2.05) is 0 Å². The van der Waals surface area contributed by atoms with E-state index < -0.39 is 115 Å². The van der Waals surface area contributed by atoms with Gasteiger partial charge in [0.25, 0.3) is 0 Å². The van der Waals surface area contributed by atoms with Crippen LogP contribution in [0.15, 0.2) is 24.3 Å². The second-order valence-electron chi connectivity index (χ2n) is 12.7. The molecule has 6 amide bonds. The fraction of sp³-hybridized carbons (Fsp3) is 0.529. The summed E-state index contributed by atoms with van der Waals surface area (Å²) in [6.45, 7) is 1.83. The molecule has 0 heterocycles. The van der Waals surface area contributed by atoms with Crippen molar-refractivity contribution in [3.8, 4) is 0 Å². The summed E-state index contributed by atoms with van der Waals surface area (Å²) in [6, 6.07) is 0.836. The Morgan fingerprint density at radius 3 is 1.70 bits per heavy atom. The fourth-order valence-electron chi connectivity index (χ4n) is 4.90. The van der Waals surface area contributed by atoms with Crippen LogP contribution >= 0.6 is 12.6 Å². The first-order chi connectivity index (χ1) is 26.3. The van der Waals surface area contributed by atoms with Gasteiger partial charge in [-0.2, -0.15) is 12.6 Å². The van der Waals surface area contributed by atoms with Crippen LogP contribution in [0.4, 0.5) is 4.79 Å². The van der Waals surface area contributed by atoms with Gasteiger partial charge in [-0.1, -0.05) is 24.3 Å². The summed E-state index contributed by atoms with van der Waals surface area (Å²) in [5.41, 5.74) is 1.10. The van der Waals surface area contributed by atoms with Crippen LogP contribution in [0.5, 0.6) is 0 Å². The lowest BCUT2D eigenvalue weighted by Gasteiger charge is -2.22. The molecular weight excluding hydrogens is 764 g/mol. The zero-order chi connectivity index (χ0) is 42.4. The van der Waals surface area contributed by atoms with Gasteiger partial charge in [0.1, 0.15) is 18.1 Å². The minimum absolute atomic E-state index is 0.0165. The van der Waals surface area contributed by atoms with Crippen molar-refractivity contribution in [2.24, 2.45) is 5.92 Å². The van der Waals surface area contributed by atoms with Crippen molar-refractivity contribution >= 4 is 72.1 Å². The van der Waals surface area contributed by atoms with Gasteiger partial charge in [-0.25, -0.2) is 9.59 Å². The summed E-state index contributed by atoms with van der Waals surface area (Å²) in [7, 11) is 0. The van der Waals surface area contributed by atoms with E-state index in [-0.39, 0.29) is 44.5 Å². The van der Waals surface area contributed by atoms with Gasteiger partial charge in [0.15, 0.2) is 0 Å². The molecule has 5 atom stereocenters. The number of thiol groups is 1. The third kappa shape index (κ3) is 20.5. The maximum Gasteiger partial charge on any atom is 0.326 e. The predicted molar refractivity (Wildman–Crippen MR) is 196 cm³/mol. The van der Waals surface area contributed by atoms with E-state index in [1.165, 1.54) is 0 Å². The monoisotopic (exact) mass is 812 g/mol. The summed E-state index contributed by atoms with van der Waals surface area (Å²) in [4.78, 5) is 119. The van der Waals surface area contributed by atoms with Gasteiger partial charge in [-0.15, -0.1) is 0 Å². The molecule has 0 saturated heterocycles. The summed E-state index contributed by atoms with van der Waals surface area (Å²) >= 11 is 4.03. The van der Waals surface area contributed by atoms with Crippen LogP contribution in [0.2, 0.25) is 0 Å². The molecule has 1 rings (SSSR count). The van der Waals surface area contributed by atoms with Gasteiger partial charge in [-0.3, -0.25) is 38.4 Å². The number of amides is 6. The number of hydrogen-bond donors (Lipinski definition) is 12. The molecule has 1 aromatic carbocycles. The zero-order valence-electron chi connectivity index (χ0n) is 30.4. The molecule has 0 aliphatic carbocycles. The number of nitrogens with one attached hydrogen (secondary N) is 6. The minimum atomic E-state index is -1.63. The van der Waals surface area contributed by atoms with Crippen LogP contribution in [-0.4, -0.2) is 122 Å². The van der Waals surface area contributed by atoms with Gasteiger partial charge in [0, 0.05) is 37.7 Å². The van der Waals surface area contributed by atoms with Crippen LogP contribution in [0.25, 0.3) is 0 Å². The number of urea groups is 1. The highest BCUT2D eigenvalue weighted by atomic mass is 32.1. The first-order valence-electron chi connectivity index (χ1n) is 17.3. The topological polar surface area (TPSA) is 344 Å². The van der Waals surface area contributed by atoms with Crippen molar-refractivity contribution in [1.82, 2.24) is 31.9 Å². The number of hydrogen-bond acceptors (Lipinski definition) is 11. The Hall–Kier alpha value is -5.93. The molecule has 22 heteroatoms. The molecule has 0 unspecified atom stereocenters. The van der Waals surface area contributed by atoms with Crippen LogP contribution in [0, 0.1) is 5.92 Å². The smallest absolute Gasteiger partial charge is 0.326 e. The van der Waals surface area contributed by atoms with E-state index in [9.17, 15) is 68.4 Å². The Morgan fingerprint density at radius 1 is 0.607 bits per heavy atom. The number of carboxylic acids is 5. The number of unbranched alkanes of at least 4 members (excludes halogenated alkanes) is 1. The third-order valence-electron chi connectivity index (χ3n) is 7.87. The van der Waals surface area contributed by atoms with Gasteiger partial charge in [0.05, 0.1) is 25.2 Å². The Balaban J connectivity index is 2.58. The number of rotatable bonds is 27. The summed E-state index contributed by atoms with van der Waals surface area (Å²) in [6.07, 6.45) is -2.68. The van der Waals surface area contributed by atoms with E-state index in [0.29, 0.717) is 17.5 Å². The maximum atomic E-state index is 12.9. The quantitative estimate of drug-likeness (QED) is 0.0377. The molecule has 0 bridgehead atoms. The van der Waals surface area contributed by atoms with Crippen LogP contribution in [-0.2, 0) is 56.1 Å². The van der Waals surface area contributed by atoms with Crippen LogP contribution in [0.3, 0.4) is 0 Å². The van der Waals surface area contributed by atoms with Crippen molar-refractivity contribution in [2.75, 3.05) is 12.3 Å². The molecule has 0 aromatic heterocycles. The fourth-order valence-corrected chi connectivity index (χ4v) is 4.99. The Kier molecular flexibility index (Phi) is 21.6. The van der Waals surface area contributed by atoms with E-state index in [1.54, 1.807) is 31.2 Å². The average Bonchev–Trinajstić information content (AvgIpc) is 3.10. The van der Waals surface area contributed by atoms with E-state index in [2.05, 4.69) is 44.5 Å². The normalized spacial score (nSPS) is 13.3. The molecule has 310 valence electrons. The number of benzene rings is 1. The lowest BCUT2D eigenvalue weighted by molar-refractivity contribution is -0.146. The molecule has 0 spiro atoms. The highest BCUT2D eigenvalue weighted by molar-refractivity contribution is 7.80. The minimum Gasteiger partial charge on any atom is -0.481 e. The van der Waals surface area contributed by atoms with Crippen molar-refractivity contribution in [2.45, 2.75) is 95.4 Å². The highest BCUT2D eigenvalue weighted by Crippen LogP contribution is 2.13. The maximum absolute atomic E-state index is 12.9. The van der Waals surface area contributed by atoms with Crippen molar-refractivity contribution in [1.29, 1.82) is 0 Å². The molecule has 0 aliphatic heterocycles. The van der Waals surface area contributed by atoms with Gasteiger partial charge < -0.3 is 57.4 Å². The van der Waals surface area contributed by atoms with Crippen molar-refractivity contribution in [3.63, 3.8) is 0 Å². The number of carbonyl (C=O) groups excluding carboxylic acids is 5. The summed E-state index contributed by atoms with van der Waals surface area (Å²) in [5.74, 6) is -11.3. The Labute approximate surface area is 326 Å². The Bertz CT molecular complexity index is 1580. The SMILES string of the molecule is C[C@H](CS)NC(=O)[C@H](CC(=O)O)NC(=O)[C@H](CC(=O)O)NC(=O)Cc1ccc(CNC(=O)NCCCC[C@H](NC(=O)C[C@@H](CCC(=O)O)C(=O)O)C(=O)O)cc1. The first kappa shape index (κ1) is 48.1. The Morgan fingerprint density at radius 2 is 1.16 bits per heavy atom. The number of carbonyl (C=O) groups is 10. The predicted octanol–water partition coefficient (Wildman–Crippen LogP) is -0.923. The van der Waals surface area contributed by atoms with Crippen molar-refractivity contribution < 1.29 is 73.5 Å². The van der Waals surface area contributed by atoms with Gasteiger partial charge in [-0.05, 0) is 43.7 Å². The molecule has 0 fully saturated rings. The van der Waals surface area contributed by atoms with Crippen LogP contribution < -0.4 is 31.9 Å². The molecular formula is C34H48N6O15S. The number of aliphatic carboxylic acids is 5. The molecule has 21 nitrogen and oxygen atoms in total. The highest BCUT2D eigenvalue weighted by Gasteiger charge is 2.30.